The minimum absolute atomic E-state index is 0.380. The molecule has 1 aromatic carbocycles. The number of aromatic nitrogens is 2. The zero-order valence-corrected chi connectivity index (χ0v) is 11.0. The standard InChI is InChI=1S/C15H16N2O2/c1-10(2)15(18)19-11(3)13-9-16-14(17-13)12-7-5-4-6-8-12/h4-9,11H,1H2,2-3H3,(H,16,17). The van der Waals surface area contributed by atoms with Gasteiger partial charge in [-0.15, -0.1) is 0 Å². The van der Waals surface area contributed by atoms with E-state index in [9.17, 15) is 4.79 Å². The molecule has 4 nitrogen and oxygen atoms in total. The lowest BCUT2D eigenvalue weighted by molar-refractivity contribution is -0.143. The number of nitrogens with one attached hydrogen (secondary N) is 1. The van der Waals surface area contributed by atoms with Gasteiger partial charge in [0, 0.05) is 11.1 Å². The predicted octanol–water partition coefficient (Wildman–Crippen LogP) is 3.26. The van der Waals surface area contributed by atoms with E-state index in [-0.39, 0.29) is 6.10 Å². The molecule has 2 aromatic rings. The number of benzene rings is 1. The highest BCUT2D eigenvalue weighted by Gasteiger charge is 2.14. The van der Waals surface area contributed by atoms with Crippen molar-refractivity contribution in [2.24, 2.45) is 0 Å². The normalized spacial score (nSPS) is 11.9. The Kier molecular flexibility index (Phi) is 3.80. The molecule has 2 rings (SSSR count). The van der Waals surface area contributed by atoms with E-state index >= 15 is 0 Å². The highest BCUT2D eigenvalue weighted by Crippen LogP contribution is 2.20. The Balaban J connectivity index is 2.13. The summed E-state index contributed by atoms with van der Waals surface area (Å²) in [5.74, 6) is 0.359. The molecule has 4 heteroatoms. The van der Waals surface area contributed by atoms with Crippen molar-refractivity contribution in [1.29, 1.82) is 0 Å². The summed E-state index contributed by atoms with van der Waals surface area (Å²) < 4.78 is 5.24. The van der Waals surface area contributed by atoms with Crippen LogP contribution in [0.5, 0.6) is 0 Å². The molecule has 0 saturated heterocycles. The minimum Gasteiger partial charge on any atom is -0.453 e. The molecule has 0 radical (unpaired) electrons. The number of carbonyl (C=O) groups is 1. The maximum Gasteiger partial charge on any atom is 0.333 e. The third kappa shape index (κ3) is 3.10. The maximum absolute atomic E-state index is 11.4. The van der Waals surface area contributed by atoms with Crippen molar-refractivity contribution in [2.45, 2.75) is 20.0 Å². The lowest BCUT2D eigenvalue weighted by atomic mass is 10.2. The molecule has 0 aliphatic rings. The highest BCUT2D eigenvalue weighted by atomic mass is 16.5. The zero-order valence-electron chi connectivity index (χ0n) is 11.0. The molecule has 19 heavy (non-hydrogen) atoms. The van der Waals surface area contributed by atoms with Gasteiger partial charge in [-0.2, -0.15) is 0 Å². The van der Waals surface area contributed by atoms with Gasteiger partial charge in [-0.3, -0.25) is 0 Å². The minimum atomic E-state index is -0.400. The molecule has 98 valence electrons. The van der Waals surface area contributed by atoms with E-state index in [0.29, 0.717) is 5.57 Å². The van der Waals surface area contributed by atoms with Gasteiger partial charge in [0.25, 0.3) is 0 Å². The van der Waals surface area contributed by atoms with E-state index in [4.69, 9.17) is 4.74 Å². The summed E-state index contributed by atoms with van der Waals surface area (Å²) in [6, 6.07) is 9.77. The molecule has 0 fully saturated rings. The number of hydrogen-bond acceptors (Lipinski definition) is 3. The van der Waals surface area contributed by atoms with Crippen LogP contribution in [0.3, 0.4) is 0 Å². The molecule has 0 amide bonds. The molecule has 0 aliphatic heterocycles. The van der Waals surface area contributed by atoms with Crippen molar-refractivity contribution >= 4 is 5.97 Å². The van der Waals surface area contributed by atoms with Crippen LogP contribution in [0.25, 0.3) is 11.4 Å². The number of rotatable bonds is 4. The van der Waals surface area contributed by atoms with Crippen LogP contribution in [-0.2, 0) is 9.53 Å². The second kappa shape index (κ2) is 5.52. The molecule has 1 atom stereocenters. The summed E-state index contributed by atoms with van der Waals surface area (Å²) in [7, 11) is 0. The summed E-state index contributed by atoms with van der Waals surface area (Å²) in [5, 5.41) is 0. The van der Waals surface area contributed by atoms with Gasteiger partial charge in [-0.05, 0) is 13.8 Å². The average molecular weight is 256 g/mol. The van der Waals surface area contributed by atoms with Gasteiger partial charge >= 0.3 is 5.97 Å². The number of hydrogen-bond donors (Lipinski definition) is 1. The number of nitrogens with zero attached hydrogens (tertiary/aromatic N) is 1. The first-order valence-corrected chi connectivity index (χ1v) is 6.04. The smallest absolute Gasteiger partial charge is 0.333 e. The fourth-order valence-electron chi connectivity index (χ4n) is 1.61. The largest absolute Gasteiger partial charge is 0.453 e. The summed E-state index contributed by atoms with van der Waals surface area (Å²) in [6.45, 7) is 6.97. The number of ether oxygens (including phenoxy) is 1. The summed E-state index contributed by atoms with van der Waals surface area (Å²) in [4.78, 5) is 18.9. The quantitative estimate of drug-likeness (QED) is 0.674. The monoisotopic (exact) mass is 256 g/mol. The van der Waals surface area contributed by atoms with Crippen LogP contribution in [0.15, 0.2) is 48.7 Å². The molecule has 1 heterocycles. The van der Waals surface area contributed by atoms with Crippen LogP contribution in [-0.4, -0.2) is 15.9 Å². The van der Waals surface area contributed by atoms with Gasteiger partial charge in [0.2, 0.25) is 0 Å². The summed E-state index contributed by atoms with van der Waals surface area (Å²) >= 11 is 0. The van der Waals surface area contributed by atoms with E-state index in [1.54, 1.807) is 20.0 Å². The first-order valence-electron chi connectivity index (χ1n) is 6.04. The zero-order chi connectivity index (χ0) is 13.8. The Bertz CT molecular complexity index is 587. The Morgan fingerprint density at radius 1 is 1.37 bits per heavy atom. The van der Waals surface area contributed by atoms with Crippen LogP contribution >= 0.6 is 0 Å². The molecule has 0 bridgehead atoms. The van der Waals surface area contributed by atoms with Gasteiger partial charge in [-0.25, -0.2) is 9.78 Å². The number of carbonyl (C=O) groups excluding carboxylic acids is 1. The number of esters is 1. The second-order valence-electron chi connectivity index (χ2n) is 4.38. The lowest BCUT2D eigenvalue weighted by Crippen LogP contribution is -2.09. The van der Waals surface area contributed by atoms with Crippen molar-refractivity contribution in [1.82, 2.24) is 9.97 Å². The fourth-order valence-corrected chi connectivity index (χ4v) is 1.61. The van der Waals surface area contributed by atoms with Gasteiger partial charge < -0.3 is 9.72 Å². The van der Waals surface area contributed by atoms with Crippen LogP contribution in [0.4, 0.5) is 0 Å². The molecule has 0 spiro atoms. The van der Waals surface area contributed by atoms with Gasteiger partial charge in [-0.1, -0.05) is 36.9 Å². The Hall–Kier alpha value is -2.36. The average Bonchev–Trinajstić information content (AvgIpc) is 2.89. The molecule has 0 saturated carbocycles. The Morgan fingerprint density at radius 3 is 2.68 bits per heavy atom. The van der Waals surface area contributed by atoms with Crippen LogP contribution in [0.2, 0.25) is 0 Å². The van der Waals surface area contributed by atoms with Crippen molar-refractivity contribution in [3.8, 4) is 11.4 Å². The third-order valence-electron chi connectivity index (χ3n) is 2.71. The van der Waals surface area contributed by atoms with E-state index in [0.717, 1.165) is 17.1 Å². The molecule has 1 aromatic heterocycles. The SMILES string of the molecule is C=C(C)C(=O)OC(C)c1cnc(-c2ccccc2)[nH]1. The van der Waals surface area contributed by atoms with Crippen LogP contribution < -0.4 is 0 Å². The first-order chi connectivity index (χ1) is 9.08. The third-order valence-corrected chi connectivity index (χ3v) is 2.71. The van der Waals surface area contributed by atoms with Crippen LogP contribution in [0.1, 0.15) is 25.6 Å². The van der Waals surface area contributed by atoms with Gasteiger partial charge in [0.05, 0.1) is 11.9 Å². The summed E-state index contributed by atoms with van der Waals surface area (Å²) in [5.41, 5.74) is 2.13. The highest BCUT2D eigenvalue weighted by molar-refractivity contribution is 5.87. The van der Waals surface area contributed by atoms with Crippen molar-refractivity contribution < 1.29 is 9.53 Å². The Morgan fingerprint density at radius 2 is 2.05 bits per heavy atom. The Labute approximate surface area is 112 Å². The fraction of sp³-hybridized carbons (Fsp3) is 0.200. The topological polar surface area (TPSA) is 55.0 Å². The predicted molar refractivity (Wildman–Crippen MR) is 73.3 cm³/mol. The number of H-pyrrole nitrogens is 1. The molecule has 1 unspecified atom stereocenters. The molecular weight excluding hydrogens is 240 g/mol. The second-order valence-corrected chi connectivity index (χ2v) is 4.38. The van der Waals surface area contributed by atoms with E-state index in [1.807, 2.05) is 30.3 Å². The molecule has 1 N–H and O–H groups in total. The van der Waals surface area contributed by atoms with Gasteiger partial charge in [0.1, 0.15) is 11.9 Å². The van der Waals surface area contributed by atoms with Crippen LogP contribution in [0, 0.1) is 0 Å². The van der Waals surface area contributed by atoms with E-state index in [1.165, 1.54) is 0 Å². The summed E-state index contributed by atoms with van der Waals surface area (Å²) in [6.07, 6.45) is 1.30. The maximum atomic E-state index is 11.4. The number of aromatic amines is 1. The van der Waals surface area contributed by atoms with Crippen molar-refractivity contribution in [2.75, 3.05) is 0 Å². The lowest BCUT2D eigenvalue weighted by Gasteiger charge is -2.10. The van der Waals surface area contributed by atoms with Crippen molar-refractivity contribution in [3.05, 3.63) is 54.4 Å². The first kappa shape index (κ1) is 13.1. The number of imidazole rings is 1. The molecule has 0 aliphatic carbocycles. The van der Waals surface area contributed by atoms with Crippen molar-refractivity contribution in [3.63, 3.8) is 0 Å². The van der Waals surface area contributed by atoms with Gasteiger partial charge in [0.15, 0.2) is 0 Å². The van der Waals surface area contributed by atoms with E-state index < -0.39 is 5.97 Å². The van der Waals surface area contributed by atoms with E-state index in [2.05, 4.69) is 16.5 Å². The molecular formula is C15H16N2O2.